The van der Waals surface area contributed by atoms with Crippen LogP contribution in [-0.4, -0.2) is 17.2 Å². The van der Waals surface area contributed by atoms with Gasteiger partial charge < -0.3 is 20.6 Å². The normalized spacial score (nSPS) is 12.2. The van der Waals surface area contributed by atoms with Crippen LogP contribution in [0.4, 0.5) is 0 Å². The summed E-state index contributed by atoms with van der Waals surface area (Å²) in [7, 11) is 1.56. The molecule has 0 spiro atoms. The van der Waals surface area contributed by atoms with Crippen LogP contribution >= 0.6 is 0 Å². The fourth-order valence-corrected chi connectivity index (χ4v) is 1.91. The zero-order valence-electron chi connectivity index (χ0n) is 10.8. The number of aromatic amines is 1. The van der Waals surface area contributed by atoms with Gasteiger partial charge in [0.25, 0.3) is 0 Å². The van der Waals surface area contributed by atoms with Gasteiger partial charge in [0.2, 0.25) is 5.43 Å². The van der Waals surface area contributed by atoms with Crippen molar-refractivity contribution in [2.24, 2.45) is 5.73 Å². The van der Waals surface area contributed by atoms with Crippen LogP contribution in [0.5, 0.6) is 11.5 Å². The molecule has 1 heterocycles. The highest BCUT2D eigenvalue weighted by Crippen LogP contribution is 2.29. The topological polar surface area (TPSA) is 88.3 Å². The largest absolute Gasteiger partial charge is 0.503 e. The second-order valence-electron chi connectivity index (χ2n) is 4.30. The summed E-state index contributed by atoms with van der Waals surface area (Å²) in [5.74, 6) is 0.299. The van der Waals surface area contributed by atoms with E-state index >= 15 is 0 Å². The molecule has 5 nitrogen and oxygen atoms in total. The number of pyridine rings is 1. The Kier molecular flexibility index (Phi) is 3.57. The van der Waals surface area contributed by atoms with Crippen LogP contribution in [0.25, 0.3) is 11.3 Å². The van der Waals surface area contributed by atoms with E-state index < -0.39 is 11.5 Å². The molecule has 0 saturated heterocycles. The molecule has 100 valence electrons. The van der Waals surface area contributed by atoms with E-state index in [1.807, 2.05) is 18.2 Å². The molecule has 0 aliphatic heterocycles. The number of hydrogen-bond acceptors (Lipinski definition) is 4. The van der Waals surface area contributed by atoms with Gasteiger partial charge in [-0.15, -0.1) is 0 Å². The summed E-state index contributed by atoms with van der Waals surface area (Å²) in [5, 5.41) is 9.71. The van der Waals surface area contributed by atoms with Gasteiger partial charge in [-0.25, -0.2) is 0 Å². The molecule has 1 unspecified atom stereocenters. The number of aromatic hydroxyl groups is 1. The molecule has 2 aromatic rings. The van der Waals surface area contributed by atoms with Crippen molar-refractivity contribution in [1.82, 2.24) is 4.98 Å². The van der Waals surface area contributed by atoms with E-state index in [4.69, 9.17) is 10.5 Å². The van der Waals surface area contributed by atoms with Gasteiger partial charge in [-0.05, 0) is 19.1 Å². The first-order valence-electron chi connectivity index (χ1n) is 5.89. The number of aromatic nitrogens is 1. The molecule has 1 aromatic carbocycles. The molecule has 1 atom stereocenters. The molecule has 0 radical (unpaired) electrons. The number of nitrogens with two attached hydrogens (primary N) is 1. The minimum absolute atomic E-state index is 0.313. The summed E-state index contributed by atoms with van der Waals surface area (Å²) in [6.07, 6.45) is 0. The highest BCUT2D eigenvalue weighted by atomic mass is 16.5. The maximum atomic E-state index is 11.8. The molecule has 5 heteroatoms. The van der Waals surface area contributed by atoms with Crippen LogP contribution in [0.1, 0.15) is 18.7 Å². The van der Waals surface area contributed by atoms with Crippen molar-refractivity contribution in [2.45, 2.75) is 13.0 Å². The van der Waals surface area contributed by atoms with Crippen LogP contribution in [-0.2, 0) is 0 Å². The lowest BCUT2D eigenvalue weighted by molar-refractivity contribution is 0.416. The van der Waals surface area contributed by atoms with Crippen LogP contribution in [0.2, 0.25) is 0 Å². The summed E-state index contributed by atoms with van der Waals surface area (Å²) in [6.45, 7) is 1.69. The Labute approximate surface area is 110 Å². The van der Waals surface area contributed by atoms with E-state index in [2.05, 4.69) is 4.98 Å². The molecule has 2 rings (SSSR count). The van der Waals surface area contributed by atoms with Crippen LogP contribution in [0, 0.1) is 0 Å². The molecular formula is C14H16N2O3. The van der Waals surface area contributed by atoms with Crippen LogP contribution < -0.4 is 15.9 Å². The van der Waals surface area contributed by atoms with Gasteiger partial charge in [0.15, 0.2) is 5.75 Å². The molecule has 4 N–H and O–H groups in total. The second-order valence-corrected chi connectivity index (χ2v) is 4.30. The van der Waals surface area contributed by atoms with Gasteiger partial charge in [0, 0.05) is 17.7 Å². The quantitative estimate of drug-likeness (QED) is 0.784. The number of hydrogen-bond donors (Lipinski definition) is 3. The molecule has 19 heavy (non-hydrogen) atoms. The maximum absolute atomic E-state index is 11.8. The monoisotopic (exact) mass is 260 g/mol. The van der Waals surface area contributed by atoms with E-state index in [9.17, 15) is 9.90 Å². The van der Waals surface area contributed by atoms with Gasteiger partial charge in [-0.1, -0.05) is 12.1 Å². The van der Waals surface area contributed by atoms with Crippen LogP contribution in [0.15, 0.2) is 35.1 Å². The molecule has 1 aromatic heterocycles. The second kappa shape index (κ2) is 5.16. The van der Waals surface area contributed by atoms with E-state index in [-0.39, 0.29) is 5.75 Å². The van der Waals surface area contributed by atoms with Crippen molar-refractivity contribution in [3.05, 3.63) is 46.2 Å². The van der Waals surface area contributed by atoms with Gasteiger partial charge in [0.05, 0.1) is 18.5 Å². The minimum Gasteiger partial charge on any atom is -0.503 e. The molecule has 0 aliphatic carbocycles. The molecule has 0 fully saturated rings. The highest BCUT2D eigenvalue weighted by molar-refractivity contribution is 5.67. The number of rotatable bonds is 3. The van der Waals surface area contributed by atoms with Crippen molar-refractivity contribution in [3.63, 3.8) is 0 Å². The first-order valence-corrected chi connectivity index (χ1v) is 5.89. The van der Waals surface area contributed by atoms with Crippen molar-refractivity contribution in [2.75, 3.05) is 7.11 Å². The average Bonchev–Trinajstić information content (AvgIpc) is 2.41. The predicted molar refractivity (Wildman–Crippen MR) is 73.3 cm³/mol. The van der Waals surface area contributed by atoms with E-state index in [0.29, 0.717) is 17.1 Å². The average molecular weight is 260 g/mol. The Morgan fingerprint density at radius 3 is 2.68 bits per heavy atom. The Bertz CT molecular complexity index is 647. The predicted octanol–water partition coefficient (Wildman–Crippen LogP) is 1.78. The molecular weight excluding hydrogens is 244 g/mol. The Hall–Kier alpha value is -2.27. The number of ether oxygens (including phenoxy) is 1. The van der Waals surface area contributed by atoms with Crippen molar-refractivity contribution >= 4 is 0 Å². The first kappa shape index (κ1) is 13.2. The number of methoxy groups -OCH3 is 1. The van der Waals surface area contributed by atoms with E-state index in [0.717, 1.165) is 5.56 Å². The first-order chi connectivity index (χ1) is 9.04. The summed E-state index contributed by atoms with van der Waals surface area (Å²) < 4.78 is 5.25. The minimum atomic E-state index is -0.470. The lowest BCUT2D eigenvalue weighted by atomic mass is 10.1. The third-order valence-electron chi connectivity index (χ3n) is 2.89. The van der Waals surface area contributed by atoms with Crippen molar-refractivity contribution in [1.29, 1.82) is 0 Å². The summed E-state index contributed by atoms with van der Waals surface area (Å²) in [6, 6.07) is 8.17. The fourth-order valence-electron chi connectivity index (χ4n) is 1.91. The van der Waals surface area contributed by atoms with E-state index in [1.54, 1.807) is 20.1 Å². The highest BCUT2D eigenvalue weighted by Gasteiger charge is 2.14. The Morgan fingerprint density at radius 1 is 1.37 bits per heavy atom. The van der Waals surface area contributed by atoms with Gasteiger partial charge in [0.1, 0.15) is 5.75 Å². The van der Waals surface area contributed by atoms with Crippen molar-refractivity contribution in [3.8, 4) is 22.8 Å². The zero-order valence-corrected chi connectivity index (χ0v) is 10.8. The lowest BCUT2D eigenvalue weighted by Gasteiger charge is -2.13. The fraction of sp³-hybridized carbons (Fsp3) is 0.214. The number of para-hydroxylation sites is 1. The van der Waals surface area contributed by atoms with Gasteiger partial charge >= 0.3 is 0 Å². The number of H-pyrrole nitrogens is 1. The van der Waals surface area contributed by atoms with E-state index in [1.165, 1.54) is 6.07 Å². The maximum Gasteiger partial charge on any atom is 0.224 e. The van der Waals surface area contributed by atoms with Crippen molar-refractivity contribution < 1.29 is 9.84 Å². The zero-order chi connectivity index (χ0) is 14.0. The number of nitrogens with one attached hydrogen (secondary N) is 1. The SMILES string of the molecule is COc1ccccc1-c1cc(=O)c(O)c(C(C)N)[nH]1. The summed E-state index contributed by atoms with van der Waals surface area (Å²) >= 11 is 0. The number of benzene rings is 1. The van der Waals surface area contributed by atoms with Gasteiger partial charge in [-0.2, -0.15) is 0 Å². The molecule has 0 bridgehead atoms. The Morgan fingerprint density at radius 2 is 2.05 bits per heavy atom. The van der Waals surface area contributed by atoms with Crippen LogP contribution in [0.3, 0.4) is 0 Å². The Balaban J connectivity index is 2.67. The molecule has 0 amide bonds. The summed E-state index contributed by atoms with van der Waals surface area (Å²) in [4.78, 5) is 14.8. The van der Waals surface area contributed by atoms with Gasteiger partial charge in [-0.3, -0.25) is 4.79 Å². The lowest BCUT2D eigenvalue weighted by Crippen LogP contribution is -2.14. The standard InChI is InChI=1S/C14H16N2O3/c1-8(15)13-14(18)11(17)7-10(16-13)9-5-3-4-6-12(9)19-2/h3-8,18H,15H2,1-2H3,(H,16,17). The molecule has 0 aliphatic rings. The third kappa shape index (κ3) is 2.46. The summed E-state index contributed by atoms with van der Waals surface area (Å²) in [5.41, 5.74) is 6.89. The third-order valence-corrected chi connectivity index (χ3v) is 2.89. The molecule has 0 saturated carbocycles. The smallest absolute Gasteiger partial charge is 0.224 e.